The summed E-state index contributed by atoms with van der Waals surface area (Å²) in [5.41, 5.74) is 0.251. The lowest BCUT2D eigenvalue weighted by atomic mass is 9.73. The van der Waals surface area contributed by atoms with Gasteiger partial charge < -0.3 is 4.74 Å². The molecule has 0 aliphatic heterocycles. The van der Waals surface area contributed by atoms with E-state index in [1.807, 2.05) is 0 Å². The average Bonchev–Trinajstić information content (AvgIpc) is 2.21. The van der Waals surface area contributed by atoms with Crippen molar-refractivity contribution in [3.05, 3.63) is 12.2 Å². The molecule has 0 atom stereocenters. The standard InChI is InChI=1S/C14H24O2/c1-10(2)13(15)16-14(11(3)4)8-6-12(5)7-9-14/h11-12H,1,6-9H2,2-5H3. The summed E-state index contributed by atoms with van der Waals surface area (Å²) in [5, 5.41) is 0. The van der Waals surface area contributed by atoms with E-state index in [0.29, 0.717) is 11.5 Å². The topological polar surface area (TPSA) is 26.3 Å². The molecular formula is C14H24O2. The van der Waals surface area contributed by atoms with Gasteiger partial charge in [0.2, 0.25) is 0 Å². The molecule has 0 saturated heterocycles. The maximum Gasteiger partial charge on any atom is 0.333 e. The van der Waals surface area contributed by atoms with Crippen LogP contribution >= 0.6 is 0 Å². The molecule has 0 N–H and O–H groups in total. The van der Waals surface area contributed by atoms with Gasteiger partial charge in [-0.2, -0.15) is 0 Å². The highest BCUT2D eigenvalue weighted by Crippen LogP contribution is 2.40. The molecule has 2 nitrogen and oxygen atoms in total. The monoisotopic (exact) mass is 224 g/mol. The van der Waals surface area contributed by atoms with Crippen LogP contribution in [-0.2, 0) is 9.53 Å². The van der Waals surface area contributed by atoms with Crippen LogP contribution in [0.3, 0.4) is 0 Å². The molecule has 1 saturated carbocycles. The number of ether oxygens (including phenoxy) is 1. The van der Waals surface area contributed by atoms with Crippen LogP contribution in [0.2, 0.25) is 0 Å². The summed E-state index contributed by atoms with van der Waals surface area (Å²) in [7, 11) is 0. The highest BCUT2D eigenvalue weighted by Gasteiger charge is 2.40. The van der Waals surface area contributed by atoms with Gasteiger partial charge in [-0.3, -0.25) is 0 Å². The van der Waals surface area contributed by atoms with Crippen molar-refractivity contribution >= 4 is 5.97 Å². The van der Waals surface area contributed by atoms with Gasteiger partial charge in [0.05, 0.1) is 0 Å². The highest BCUT2D eigenvalue weighted by atomic mass is 16.6. The Balaban J connectivity index is 2.74. The molecule has 0 bridgehead atoms. The van der Waals surface area contributed by atoms with Crippen molar-refractivity contribution in [3.63, 3.8) is 0 Å². The number of carbonyl (C=O) groups is 1. The average molecular weight is 224 g/mol. The SMILES string of the molecule is C=C(C)C(=O)OC1(C(C)C)CCC(C)CC1. The fourth-order valence-corrected chi connectivity index (χ4v) is 2.32. The second-order valence-electron chi connectivity index (χ2n) is 5.57. The fraction of sp³-hybridized carbons (Fsp3) is 0.786. The molecule has 2 heteroatoms. The fourth-order valence-electron chi connectivity index (χ4n) is 2.32. The number of hydrogen-bond acceptors (Lipinski definition) is 2. The van der Waals surface area contributed by atoms with Crippen molar-refractivity contribution < 1.29 is 9.53 Å². The summed E-state index contributed by atoms with van der Waals surface area (Å²) in [4.78, 5) is 11.7. The summed E-state index contributed by atoms with van der Waals surface area (Å²) in [6.07, 6.45) is 4.29. The summed E-state index contributed by atoms with van der Waals surface area (Å²) >= 11 is 0. The first kappa shape index (κ1) is 13.3. The molecule has 1 aliphatic carbocycles. The first-order valence-electron chi connectivity index (χ1n) is 6.26. The quantitative estimate of drug-likeness (QED) is 0.539. The van der Waals surface area contributed by atoms with E-state index in [1.165, 1.54) is 0 Å². The van der Waals surface area contributed by atoms with Crippen LogP contribution in [0.1, 0.15) is 53.4 Å². The van der Waals surface area contributed by atoms with E-state index in [0.717, 1.165) is 31.6 Å². The van der Waals surface area contributed by atoms with E-state index in [2.05, 4.69) is 27.4 Å². The van der Waals surface area contributed by atoms with Crippen LogP contribution in [0.15, 0.2) is 12.2 Å². The minimum atomic E-state index is -0.247. The molecule has 0 aromatic heterocycles. The minimum absolute atomic E-state index is 0.233. The zero-order valence-corrected chi connectivity index (χ0v) is 11.0. The second kappa shape index (κ2) is 5.03. The van der Waals surface area contributed by atoms with Crippen LogP contribution in [0.4, 0.5) is 0 Å². The third-order valence-electron chi connectivity index (χ3n) is 3.82. The van der Waals surface area contributed by atoms with Crippen molar-refractivity contribution in [2.75, 3.05) is 0 Å². The Morgan fingerprint density at radius 1 is 1.38 bits per heavy atom. The Morgan fingerprint density at radius 2 is 1.88 bits per heavy atom. The largest absolute Gasteiger partial charge is 0.455 e. The van der Waals surface area contributed by atoms with E-state index >= 15 is 0 Å². The molecule has 0 aromatic rings. The maximum atomic E-state index is 11.7. The minimum Gasteiger partial charge on any atom is -0.455 e. The third kappa shape index (κ3) is 2.87. The van der Waals surface area contributed by atoms with E-state index in [-0.39, 0.29) is 11.6 Å². The molecular weight excluding hydrogens is 200 g/mol. The predicted molar refractivity (Wildman–Crippen MR) is 66.1 cm³/mol. The molecule has 0 amide bonds. The summed E-state index contributed by atoms with van der Waals surface area (Å²) in [6.45, 7) is 11.9. The number of hydrogen-bond donors (Lipinski definition) is 0. The number of rotatable bonds is 3. The van der Waals surface area contributed by atoms with Crippen molar-refractivity contribution in [2.45, 2.75) is 59.0 Å². The van der Waals surface area contributed by atoms with Gasteiger partial charge in [-0.15, -0.1) is 0 Å². The lowest BCUT2D eigenvalue weighted by molar-refractivity contribution is -0.165. The Labute approximate surface area is 99.1 Å². The summed E-state index contributed by atoms with van der Waals surface area (Å²) < 4.78 is 5.71. The smallest absolute Gasteiger partial charge is 0.333 e. The van der Waals surface area contributed by atoms with Crippen molar-refractivity contribution in [2.24, 2.45) is 11.8 Å². The second-order valence-corrected chi connectivity index (χ2v) is 5.57. The Hall–Kier alpha value is -0.790. The predicted octanol–water partition coefficient (Wildman–Crippen LogP) is 3.71. The first-order valence-corrected chi connectivity index (χ1v) is 6.26. The summed E-state index contributed by atoms with van der Waals surface area (Å²) in [6, 6.07) is 0. The van der Waals surface area contributed by atoms with Crippen LogP contribution in [0.25, 0.3) is 0 Å². The molecule has 1 fully saturated rings. The lowest BCUT2D eigenvalue weighted by Crippen LogP contribution is -2.43. The third-order valence-corrected chi connectivity index (χ3v) is 3.82. The molecule has 0 heterocycles. The molecule has 16 heavy (non-hydrogen) atoms. The molecule has 0 unspecified atom stereocenters. The summed E-state index contributed by atoms with van der Waals surface area (Å²) in [5.74, 6) is 0.905. The van der Waals surface area contributed by atoms with Crippen LogP contribution in [0.5, 0.6) is 0 Å². The van der Waals surface area contributed by atoms with Crippen molar-refractivity contribution in [1.82, 2.24) is 0 Å². The van der Waals surface area contributed by atoms with E-state index in [9.17, 15) is 4.79 Å². The van der Waals surface area contributed by atoms with Crippen molar-refractivity contribution in [1.29, 1.82) is 0 Å². The van der Waals surface area contributed by atoms with Gasteiger partial charge in [0.25, 0.3) is 0 Å². The van der Waals surface area contributed by atoms with Gasteiger partial charge in [-0.25, -0.2) is 4.79 Å². The Kier molecular flexibility index (Phi) is 4.17. The van der Waals surface area contributed by atoms with Crippen LogP contribution in [-0.4, -0.2) is 11.6 Å². The molecule has 0 radical (unpaired) electrons. The van der Waals surface area contributed by atoms with Gasteiger partial charge >= 0.3 is 5.97 Å². The van der Waals surface area contributed by atoms with E-state index in [1.54, 1.807) is 6.92 Å². The molecule has 0 aromatic carbocycles. The molecule has 92 valence electrons. The lowest BCUT2D eigenvalue weighted by Gasteiger charge is -2.42. The van der Waals surface area contributed by atoms with Crippen LogP contribution < -0.4 is 0 Å². The number of esters is 1. The van der Waals surface area contributed by atoms with Gasteiger partial charge in [-0.1, -0.05) is 27.4 Å². The van der Waals surface area contributed by atoms with Crippen LogP contribution in [0, 0.1) is 11.8 Å². The van der Waals surface area contributed by atoms with Gasteiger partial charge in [0, 0.05) is 5.57 Å². The Morgan fingerprint density at radius 3 is 2.25 bits per heavy atom. The van der Waals surface area contributed by atoms with Gasteiger partial charge in [-0.05, 0) is 44.4 Å². The zero-order chi connectivity index (χ0) is 12.3. The molecule has 0 spiro atoms. The molecule has 1 aliphatic rings. The number of carbonyl (C=O) groups excluding carboxylic acids is 1. The van der Waals surface area contributed by atoms with Crippen molar-refractivity contribution in [3.8, 4) is 0 Å². The van der Waals surface area contributed by atoms with E-state index in [4.69, 9.17) is 4.74 Å². The van der Waals surface area contributed by atoms with Gasteiger partial charge in [0.1, 0.15) is 5.60 Å². The first-order chi connectivity index (χ1) is 7.37. The molecule has 1 rings (SSSR count). The van der Waals surface area contributed by atoms with E-state index < -0.39 is 0 Å². The highest BCUT2D eigenvalue weighted by molar-refractivity contribution is 5.87. The normalized spacial score (nSPS) is 30.2. The maximum absolute atomic E-state index is 11.7. The van der Waals surface area contributed by atoms with Gasteiger partial charge in [0.15, 0.2) is 0 Å². The Bertz CT molecular complexity index is 270. The zero-order valence-electron chi connectivity index (χ0n) is 11.0.